The standard InChI is InChI=1S/C40H48N10O12/c1-20(44-39(60)46-27(38(58)59)16-23-18-42-25-12-8-7-11-24(23)25)34(55)48-31(21(2)49(3)36(57)26(45-30(52)17-41)15-22-9-5-4-6-10-22)35(56)43-19-28-32(53)33(54)37(62-28)50-14-13-29(51)47-40(50)61/h4-14,18-21,26-27,31-33,37,42,53-54H,15-17,41H2,1-3H3,(H,43,56)(H,45,52)(H,48,55)(H,58,59)(H2,44,46,60)(H,47,51,61)/b28-19-/t20-,21-,26-,27-,31-,32+,33+,37+/m0/s1. The van der Waals surface area contributed by atoms with E-state index in [0.29, 0.717) is 11.1 Å². The number of H-pyrrole nitrogens is 2. The maximum atomic E-state index is 14.0. The van der Waals surface area contributed by atoms with E-state index in [-0.39, 0.29) is 12.8 Å². The summed E-state index contributed by atoms with van der Waals surface area (Å²) in [7, 11) is 1.33. The average molecular weight is 861 g/mol. The molecule has 330 valence electrons. The van der Waals surface area contributed by atoms with Gasteiger partial charge in [-0.1, -0.05) is 48.5 Å². The van der Waals surface area contributed by atoms with E-state index in [9.17, 15) is 53.7 Å². The van der Waals surface area contributed by atoms with E-state index < -0.39 is 108 Å². The van der Waals surface area contributed by atoms with Gasteiger partial charge in [0.1, 0.15) is 42.1 Å². The molecule has 0 unspecified atom stereocenters. The Bertz CT molecular complexity index is 2430. The summed E-state index contributed by atoms with van der Waals surface area (Å²) in [5, 5.41) is 44.2. The molecule has 4 aromatic rings. The third-order valence-electron chi connectivity index (χ3n) is 10.2. The van der Waals surface area contributed by atoms with Crippen LogP contribution in [0.4, 0.5) is 4.79 Å². The Balaban J connectivity index is 1.35. The van der Waals surface area contributed by atoms with Crippen LogP contribution in [0.3, 0.4) is 0 Å². The number of aromatic nitrogens is 3. The van der Waals surface area contributed by atoms with Crippen LogP contribution in [0.15, 0.2) is 94.6 Å². The lowest BCUT2D eigenvalue weighted by molar-refractivity contribution is -0.140. The number of hydrogen-bond acceptors (Lipinski definition) is 12. The van der Waals surface area contributed by atoms with Gasteiger partial charge in [-0.3, -0.25) is 33.5 Å². The number of aromatic amines is 2. The number of urea groups is 1. The molecule has 2 aromatic carbocycles. The van der Waals surface area contributed by atoms with Crippen molar-refractivity contribution in [3.8, 4) is 0 Å². The minimum Gasteiger partial charge on any atom is -0.480 e. The number of nitrogens with zero attached hydrogens (tertiary/aromatic N) is 2. The zero-order chi connectivity index (χ0) is 45.2. The molecule has 0 bridgehead atoms. The summed E-state index contributed by atoms with van der Waals surface area (Å²) in [5.74, 6) is -5.04. The molecule has 12 N–H and O–H groups in total. The fourth-order valence-electron chi connectivity index (χ4n) is 6.64. The molecule has 0 radical (unpaired) electrons. The Morgan fingerprint density at radius 3 is 2.27 bits per heavy atom. The predicted molar refractivity (Wildman–Crippen MR) is 220 cm³/mol. The zero-order valence-electron chi connectivity index (χ0n) is 33.7. The second-order valence-corrected chi connectivity index (χ2v) is 14.5. The highest BCUT2D eigenvalue weighted by atomic mass is 16.6. The number of nitrogens with two attached hydrogens (primary N) is 1. The van der Waals surface area contributed by atoms with Crippen LogP contribution in [0, 0.1) is 0 Å². The van der Waals surface area contributed by atoms with Gasteiger partial charge in [0.15, 0.2) is 0 Å². The van der Waals surface area contributed by atoms with E-state index in [1.54, 1.807) is 54.7 Å². The summed E-state index contributed by atoms with van der Waals surface area (Å²) >= 11 is 0. The fraction of sp³-hybridized carbons (Fsp3) is 0.350. The Hall–Kier alpha value is -7.30. The van der Waals surface area contributed by atoms with Gasteiger partial charge in [0.25, 0.3) is 5.56 Å². The molecular formula is C40H48N10O12. The van der Waals surface area contributed by atoms with Crippen LogP contribution in [-0.2, 0) is 41.6 Å². The molecule has 22 nitrogen and oxygen atoms in total. The van der Waals surface area contributed by atoms with Crippen molar-refractivity contribution < 1.29 is 48.8 Å². The molecule has 62 heavy (non-hydrogen) atoms. The highest BCUT2D eigenvalue weighted by Gasteiger charge is 2.42. The highest BCUT2D eigenvalue weighted by molar-refractivity contribution is 5.94. The van der Waals surface area contributed by atoms with Crippen molar-refractivity contribution in [2.45, 2.75) is 75.3 Å². The first-order chi connectivity index (χ1) is 29.5. The summed E-state index contributed by atoms with van der Waals surface area (Å²) in [4.78, 5) is 109. The first-order valence-electron chi connectivity index (χ1n) is 19.3. The lowest BCUT2D eigenvalue weighted by Crippen LogP contribution is -2.62. The predicted octanol–water partition coefficient (Wildman–Crippen LogP) is -2.37. The van der Waals surface area contributed by atoms with E-state index in [2.05, 4.69) is 31.6 Å². The summed E-state index contributed by atoms with van der Waals surface area (Å²) in [6.07, 6.45) is -1.59. The van der Waals surface area contributed by atoms with Crippen LogP contribution in [-0.4, -0.2) is 126 Å². The van der Waals surface area contributed by atoms with Crippen molar-refractivity contribution in [3.63, 3.8) is 0 Å². The first kappa shape index (κ1) is 45.8. The molecule has 0 spiro atoms. The first-order valence-corrected chi connectivity index (χ1v) is 19.3. The van der Waals surface area contributed by atoms with Gasteiger partial charge in [0, 0.05) is 55.5 Å². The molecule has 1 fully saturated rings. The molecular weight excluding hydrogens is 812 g/mol. The van der Waals surface area contributed by atoms with Crippen LogP contribution in [0.2, 0.25) is 0 Å². The Kier molecular flexibility index (Phi) is 15.0. The summed E-state index contributed by atoms with van der Waals surface area (Å²) in [6.45, 7) is 2.25. The van der Waals surface area contributed by atoms with Gasteiger partial charge in [-0.05, 0) is 31.0 Å². The number of rotatable bonds is 17. The van der Waals surface area contributed by atoms with E-state index in [4.69, 9.17) is 10.5 Å². The number of aliphatic carboxylic acids is 1. The molecule has 0 aliphatic carbocycles. The number of aliphatic hydroxyl groups is 2. The van der Waals surface area contributed by atoms with Crippen molar-refractivity contribution in [1.29, 1.82) is 0 Å². The number of carbonyl (C=O) groups excluding carboxylic acids is 5. The molecule has 3 heterocycles. The number of nitrogens with one attached hydrogen (secondary N) is 7. The zero-order valence-corrected chi connectivity index (χ0v) is 33.7. The molecule has 0 saturated carbocycles. The summed E-state index contributed by atoms with van der Waals surface area (Å²) in [5.41, 5.74) is 5.91. The van der Waals surface area contributed by atoms with Crippen molar-refractivity contribution in [1.82, 2.24) is 46.0 Å². The number of amides is 6. The van der Waals surface area contributed by atoms with Gasteiger partial charge in [-0.2, -0.15) is 0 Å². The van der Waals surface area contributed by atoms with Crippen LogP contribution in [0.1, 0.15) is 31.2 Å². The molecule has 6 amide bonds. The van der Waals surface area contributed by atoms with Gasteiger partial charge in [0.2, 0.25) is 29.9 Å². The largest absolute Gasteiger partial charge is 0.480 e. The smallest absolute Gasteiger partial charge is 0.331 e. The van der Waals surface area contributed by atoms with Crippen molar-refractivity contribution in [3.05, 3.63) is 117 Å². The SMILES string of the molecule is C[C@H](NC(=O)N[C@@H](Cc1c[nH]c2ccccc12)C(=O)O)C(=O)N[C@H](C(=O)N/C=C1\O[C@@H](n2ccc(=O)[nH]c2=O)[C@H](O)[C@@H]1O)[C@H](C)N(C)C(=O)[C@H](Cc1ccccc1)NC(=O)CN. The third kappa shape index (κ3) is 11.1. The van der Waals surface area contributed by atoms with Crippen molar-refractivity contribution in [2.24, 2.45) is 5.73 Å². The topological polar surface area (TPSA) is 332 Å². The minimum atomic E-state index is -1.79. The van der Waals surface area contributed by atoms with Gasteiger partial charge < -0.3 is 62.3 Å². The average Bonchev–Trinajstić information content (AvgIpc) is 3.79. The molecule has 5 rings (SSSR count). The molecule has 22 heteroatoms. The highest BCUT2D eigenvalue weighted by Crippen LogP contribution is 2.30. The number of ether oxygens (including phenoxy) is 1. The van der Waals surface area contributed by atoms with Crippen molar-refractivity contribution >= 4 is 46.5 Å². The third-order valence-corrected chi connectivity index (χ3v) is 10.2. The van der Waals surface area contributed by atoms with E-state index in [0.717, 1.165) is 38.8 Å². The van der Waals surface area contributed by atoms with Crippen molar-refractivity contribution in [2.75, 3.05) is 13.6 Å². The maximum Gasteiger partial charge on any atom is 0.331 e. The quantitative estimate of drug-likeness (QED) is 0.0530. The van der Waals surface area contributed by atoms with E-state index >= 15 is 0 Å². The number of hydrogen-bond donors (Lipinski definition) is 11. The molecule has 1 saturated heterocycles. The Labute approximate surface area is 352 Å². The fourth-order valence-corrected chi connectivity index (χ4v) is 6.64. The van der Waals surface area contributed by atoms with Gasteiger partial charge in [0.05, 0.1) is 12.6 Å². The normalized spacial score (nSPS) is 18.9. The van der Waals surface area contributed by atoms with Gasteiger partial charge >= 0.3 is 17.7 Å². The number of fused-ring (bicyclic) bond motifs is 1. The molecule has 1 aliphatic heterocycles. The molecule has 8 atom stereocenters. The van der Waals surface area contributed by atoms with Gasteiger partial charge in [-0.25, -0.2) is 14.4 Å². The monoisotopic (exact) mass is 860 g/mol. The molecule has 1 aliphatic rings. The number of likely N-dealkylation sites (N-methyl/N-ethyl adjacent to an activating group) is 1. The van der Waals surface area contributed by atoms with Crippen LogP contribution in [0.5, 0.6) is 0 Å². The number of carboxylic acids is 1. The van der Waals surface area contributed by atoms with Crippen LogP contribution < -0.4 is 43.6 Å². The number of carbonyl (C=O) groups is 6. The minimum absolute atomic E-state index is 0.0304. The van der Waals surface area contributed by atoms with E-state index in [1.165, 1.54) is 20.9 Å². The number of para-hydroxylation sites is 1. The number of carboxylic acid groups (broad SMARTS) is 1. The number of aliphatic hydroxyl groups excluding tert-OH is 2. The molecule has 2 aromatic heterocycles. The van der Waals surface area contributed by atoms with Crippen LogP contribution >= 0.6 is 0 Å². The Morgan fingerprint density at radius 2 is 1.60 bits per heavy atom. The van der Waals surface area contributed by atoms with Crippen LogP contribution in [0.25, 0.3) is 10.9 Å². The second-order valence-electron chi connectivity index (χ2n) is 14.5. The number of benzene rings is 2. The lowest BCUT2D eigenvalue weighted by atomic mass is 10.0. The van der Waals surface area contributed by atoms with E-state index in [1.807, 2.05) is 11.1 Å². The maximum absolute atomic E-state index is 14.0. The Morgan fingerprint density at radius 1 is 0.903 bits per heavy atom. The van der Waals surface area contributed by atoms with Gasteiger partial charge in [-0.15, -0.1) is 0 Å². The second kappa shape index (κ2) is 20.3. The summed E-state index contributed by atoms with van der Waals surface area (Å²) < 4.78 is 6.37. The summed E-state index contributed by atoms with van der Waals surface area (Å²) in [6, 6.07) is 9.05. The lowest BCUT2D eigenvalue weighted by Gasteiger charge is -2.34.